The predicted octanol–water partition coefficient (Wildman–Crippen LogP) is 4.65. The number of aromatic nitrogens is 1. The van der Waals surface area contributed by atoms with Crippen molar-refractivity contribution in [3.63, 3.8) is 0 Å². The number of hydrogen-bond acceptors (Lipinski definition) is 2. The SMILES string of the molecule is CCNC(=NCCc1ccccn1)N(C)Cc1ccc(Cl)c(Cl)c1.I. The minimum Gasteiger partial charge on any atom is -0.357 e. The van der Waals surface area contributed by atoms with E-state index < -0.39 is 0 Å². The number of rotatable bonds is 6. The van der Waals surface area contributed by atoms with Crippen LogP contribution in [0.4, 0.5) is 0 Å². The monoisotopic (exact) mass is 492 g/mol. The highest BCUT2D eigenvalue weighted by molar-refractivity contribution is 14.0. The third kappa shape index (κ3) is 7.38. The van der Waals surface area contributed by atoms with Crippen LogP contribution in [0.3, 0.4) is 0 Å². The van der Waals surface area contributed by atoms with Gasteiger partial charge in [0.05, 0.1) is 10.0 Å². The summed E-state index contributed by atoms with van der Waals surface area (Å²) in [6.45, 7) is 4.26. The van der Waals surface area contributed by atoms with Crippen LogP contribution in [0.25, 0.3) is 0 Å². The average molecular weight is 493 g/mol. The first-order valence-electron chi connectivity index (χ1n) is 7.93. The Hall–Kier alpha value is -1.05. The second-order valence-corrected chi connectivity index (χ2v) is 6.23. The van der Waals surface area contributed by atoms with Crippen LogP contribution < -0.4 is 5.32 Å². The number of guanidine groups is 1. The molecule has 2 aromatic rings. The predicted molar refractivity (Wildman–Crippen MR) is 117 cm³/mol. The van der Waals surface area contributed by atoms with Crippen molar-refractivity contribution < 1.29 is 0 Å². The molecular formula is C18H23Cl2IN4. The summed E-state index contributed by atoms with van der Waals surface area (Å²) >= 11 is 12.1. The van der Waals surface area contributed by atoms with Gasteiger partial charge >= 0.3 is 0 Å². The molecule has 0 saturated heterocycles. The molecule has 0 radical (unpaired) electrons. The Kier molecular flexibility index (Phi) is 10.2. The van der Waals surface area contributed by atoms with Crippen molar-refractivity contribution in [2.75, 3.05) is 20.1 Å². The average Bonchev–Trinajstić information content (AvgIpc) is 2.58. The molecule has 0 fully saturated rings. The van der Waals surface area contributed by atoms with Gasteiger partial charge < -0.3 is 10.2 Å². The maximum Gasteiger partial charge on any atom is 0.193 e. The lowest BCUT2D eigenvalue weighted by Gasteiger charge is -2.22. The van der Waals surface area contributed by atoms with E-state index in [0.29, 0.717) is 23.1 Å². The highest BCUT2D eigenvalue weighted by Crippen LogP contribution is 2.23. The number of pyridine rings is 1. The van der Waals surface area contributed by atoms with Gasteiger partial charge in [-0.2, -0.15) is 0 Å². The highest BCUT2D eigenvalue weighted by Gasteiger charge is 2.08. The van der Waals surface area contributed by atoms with Gasteiger partial charge in [-0.1, -0.05) is 35.3 Å². The molecule has 0 amide bonds. The van der Waals surface area contributed by atoms with Gasteiger partial charge in [-0.25, -0.2) is 0 Å². The van der Waals surface area contributed by atoms with Gasteiger partial charge in [0.1, 0.15) is 0 Å². The molecule has 136 valence electrons. The van der Waals surface area contributed by atoms with Gasteiger partial charge in [0, 0.05) is 45.0 Å². The Morgan fingerprint density at radius 3 is 2.64 bits per heavy atom. The molecule has 0 spiro atoms. The normalized spacial score (nSPS) is 11.0. The van der Waals surface area contributed by atoms with Gasteiger partial charge in [0.15, 0.2) is 5.96 Å². The fourth-order valence-electron chi connectivity index (χ4n) is 2.28. The van der Waals surface area contributed by atoms with E-state index in [4.69, 9.17) is 23.2 Å². The van der Waals surface area contributed by atoms with Crippen molar-refractivity contribution in [3.8, 4) is 0 Å². The van der Waals surface area contributed by atoms with Crippen molar-refractivity contribution in [1.29, 1.82) is 0 Å². The van der Waals surface area contributed by atoms with E-state index in [-0.39, 0.29) is 24.0 Å². The standard InChI is InChI=1S/C18H22Cl2N4.HI/c1-3-21-18(23-11-9-15-6-4-5-10-22-15)24(2)13-14-7-8-16(19)17(20)12-14;/h4-8,10,12H,3,9,11,13H2,1-2H3,(H,21,23);1H. The molecule has 1 heterocycles. The molecule has 1 aromatic carbocycles. The van der Waals surface area contributed by atoms with Crippen LogP contribution in [0.2, 0.25) is 10.0 Å². The molecule has 1 aromatic heterocycles. The fraction of sp³-hybridized carbons (Fsp3) is 0.333. The lowest BCUT2D eigenvalue weighted by atomic mass is 10.2. The molecular weight excluding hydrogens is 470 g/mol. The quantitative estimate of drug-likeness (QED) is 0.362. The summed E-state index contributed by atoms with van der Waals surface area (Å²) in [5.41, 5.74) is 2.13. The van der Waals surface area contributed by atoms with Crippen LogP contribution >= 0.6 is 47.2 Å². The van der Waals surface area contributed by atoms with Crippen molar-refractivity contribution in [1.82, 2.24) is 15.2 Å². The number of aliphatic imine (C=N–C) groups is 1. The molecule has 7 heteroatoms. The van der Waals surface area contributed by atoms with Crippen LogP contribution in [-0.2, 0) is 13.0 Å². The van der Waals surface area contributed by atoms with E-state index in [0.717, 1.165) is 30.2 Å². The van der Waals surface area contributed by atoms with Crippen LogP contribution in [-0.4, -0.2) is 36.0 Å². The molecule has 25 heavy (non-hydrogen) atoms. The Balaban J connectivity index is 0.00000312. The van der Waals surface area contributed by atoms with Gasteiger partial charge in [-0.05, 0) is 36.8 Å². The van der Waals surface area contributed by atoms with E-state index in [1.54, 1.807) is 6.20 Å². The topological polar surface area (TPSA) is 40.5 Å². The van der Waals surface area contributed by atoms with Crippen molar-refractivity contribution >= 4 is 53.1 Å². The maximum absolute atomic E-state index is 6.09. The Morgan fingerprint density at radius 1 is 1.20 bits per heavy atom. The molecule has 4 nitrogen and oxygen atoms in total. The van der Waals surface area contributed by atoms with Gasteiger partial charge in [-0.15, -0.1) is 24.0 Å². The zero-order valence-electron chi connectivity index (χ0n) is 14.4. The summed E-state index contributed by atoms with van der Waals surface area (Å²) in [6, 6.07) is 11.6. The largest absolute Gasteiger partial charge is 0.357 e. The van der Waals surface area contributed by atoms with Gasteiger partial charge in [-0.3, -0.25) is 9.98 Å². The highest BCUT2D eigenvalue weighted by atomic mass is 127. The molecule has 0 aliphatic rings. The van der Waals surface area contributed by atoms with E-state index in [1.807, 2.05) is 43.4 Å². The zero-order valence-corrected chi connectivity index (χ0v) is 18.2. The van der Waals surface area contributed by atoms with E-state index in [9.17, 15) is 0 Å². The molecule has 0 saturated carbocycles. The first-order chi connectivity index (χ1) is 11.6. The second kappa shape index (κ2) is 11.5. The summed E-state index contributed by atoms with van der Waals surface area (Å²) in [5, 5.41) is 4.45. The Morgan fingerprint density at radius 2 is 2.00 bits per heavy atom. The minimum absolute atomic E-state index is 0. The molecule has 2 rings (SSSR count). The fourth-order valence-corrected chi connectivity index (χ4v) is 2.60. The van der Waals surface area contributed by atoms with Gasteiger partial charge in [0.25, 0.3) is 0 Å². The number of nitrogens with zero attached hydrogens (tertiary/aromatic N) is 3. The zero-order chi connectivity index (χ0) is 17.4. The van der Waals surface area contributed by atoms with Crippen LogP contribution in [0.15, 0.2) is 47.6 Å². The van der Waals surface area contributed by atoms with E-state index in [1.165, 1.54) is 0 Å². The lowest BCUT2D eigenvalue weighted by Crippen LogP contribution is -2.38. The molecule has 0 aliphatic heterocycles. The third-order valence-corrected chi connectivity index (χ3v) is 4.19. The van der Waals surface area contributed by atoms with Crippen LogP contribution in [0.5, 0.6) is 0 Å². The molecule has 0 aliphatic carbocycles. The van der Waals surface area contributed by atoms with Crippen molar-refractivity contribution in [2.45, 2.75) is 19.9 Å². The van der Waals surface area contributed by atoms with Gasteiger partial charge in [0.2, 0.25) is 0 Å². The maximum atomic E-state index is 6.09. The number of benzene rings is 1. The van der Waals surface area contributed by atoms with E-state index in [2.05, 4.69) is 27.1 Å². The smallest absolute Gasteiger partial charge is 0.193 e. The first kappa shape index (κ1) is 22.0. The number of halogens is 3. The second-order valence-electron chi connectivity index (χ2n) is 5.41. The van der Waals surface area contributed by atoms with Crippen molar-refractivity contribution in [3.05, 3.63) is 63.9 Å². The molecule has 1 N–H and O–H groups in total. The summed E-state index contributed by atoms with van der Waals surface area (Å²) in [6.07, 6.45) is 2.62. The number of hydrogen-bond donors (Lipinski definition) is 1. The minimum atomic E-state index is 0. The summed E-state index contributed by atoms with van der Waals surface area (Å²) in [5.74, 6) is 0.861. The summed E-state index contributed by atoms with van der Waals surface area (Å²) < 4.78 is 0. The Bertz CT molecular complexity index is 680. The molecule has 0 atom stereocenters. The van der Waals surface area contributed by atoms with E-state index >= 15 is 0 Å². The lowest BCUT2D eigenvalue weighted by molar-refractivity contribution is 0.477. The summed E-state index contributed by atoms with van der Waals surface area (Å²) in [7, 11) is 2.00. The first-order valence-corrected chi connectivity index (χ1v) is 8.69. The molecule has 0 bridgehead atoms. The van der Waals surface area contributed by atoms with Crippen LogP contribution in [0.1, 0.15) is 18.2 Å². The van der Waals surface area contributed by atoms with Crippen molar-refractivity contribution in [2.24, 2.45) is 4.99 Å². The number of nitrogens with one attached hydrogen (secondary N) is 1. The van der Waals surface area contributed by atoms with Crippen LogP contribution in [0, 0.1) is 0 Å². The third-order valence-electron chi connectivity index (χ3n) is 3.46. The summed E-state index contributed by atoms with van der Waals surface area (Å²) in [4.78, 5) is 11.1. The Labute approximate surface area is 176 Å². The molecule has 0 unspecified atom stereocenters.